The van der Waals surface area contributed by atoms with Gasteiger partial charge in [-0.2, -0.15) is 13.2 Å². The summed E-state index contributed by atoms with van der Waals surface area (Å²) in [5, 5.41) is 2.67. The van der Waals surface area contributed by atoms with Gasteiger partial charge in [-0.3, -0.25) is 13.9 Å². The van der Waals surface area contributed by atoms with Crippen molar-refractivity contribution >= 4 is 28.5 Å². The van der Waals surface area contributed by atoms with Crippen LogP contribution in [0.15, 0.2) is 59.7 Å². The van der Waals surface area contributed by atoms with Crippen molar-refractivity contribution < 1.29 is 27.4 Å². The van der Waals surface area contributed by atoms with Crippen LogP contribution in [0.1, 0.15) is 48.2 Å². The molecule has 0 radical (unpaired) electrons. The van der Waals surface area contributed by atoms with Crippen molar-refractivity contribution in [2.24, 2.45) is 5.92 Å². The molecule has 4 heterocycles. The first kappa shape index (κ1) is 29.2. The summed E-state index contributed by atoms with van der Waals surface area (Å²) in [4.78, 5) is 34.2. The fourth-order valence-electron chi connectivity index (χ4n) is 5.83. The number of pyridine rings is 2. The molecular formula is C30H29ClF3N5O4. The molecule has 3 aromatic heterocycles. The summed E-state index contributed by atoms with van der Waals surface area (Å²) < 4.78 is 54.8. The highest BCUT2D eigenvalue weighted by atomic mass is 35.5. The fraction of sp³-hybridized carbons (Fsp3) is 0.400. The number of nitrogens with zero attached hydrogens (tertiary/aromatic N) is 4. The van der Waals surface area contributed by atoms with Crippen molar-refractivity contribution in [2.75, 3.05) is 13.2 Å². The van der Waals surface area contributed by atoms with Crippen LogP contribution in [0.25, 0.3) is 16.7 Å². The number of alkyl halides is 3. The Kier molecular flexibility index (Phi) is 8.15. The molecule has 43 heavy (non-hydrogen) atoms. The van der Waals surface area contributed by atoms with E-state index in [9.17, 15) is 22.8 Å². The maximum Gasteiger partial charge on any atom is 0.434 e. The van der Waals surface area contributed by atoms with Gasteiger partial charge >= 0.3 is 11.9 Å². The summed E-state index contributed by atoms with van der Waals surface area (Å²) in [6, 6.07) is 11.8. The van der Waals surface area contributed by atoms with E-state index in [1.165, 1.54) is 0 Å². The molecule has 1 aromatic carbocycles. The zero-order chi connectivity index (χ0) is 30.1. The number of hydrogen-bond donors (Lipinski definition) is 1. The molecule has 1 aliphatic carbocycles. The lowest BCUT2D eigenvalue weighted by atomic mass is 9.85. The SMILES string of the molecule is O=C(NC1CCC(Cn2c(=O)n(-c3ccc(O[C@H]4CCOC4)nc3)c3ccccc32)CC1)c1cc(Cl)cnc1C(F)(F)F. The van der Waals surface area contributed by atoms with Gasteiger partial charge in [-0.05, 0) is 55.9 Å². The van der Waals surface area contributed by atoms with E-state index in [4.69, 9.17) is 21.1 Å². The Hall–Kier alpha value is -3.90. The van der Waals surface area contributed by atoms with E-state index in [0.717, 1.165) is 29.7 Å². The van der Waals surface area contributed by atoms with Gasteiger partial charge in [-0.25, -0.2) is 14.8 Å². The number of ether oxygens (including phenoxy) is 2. The number of carbonyl (C=O) groups is 1. The Morgan fingerprint density at radius 3 is 2.49 bits per heavy atom. The number of nitrogens with one attached hydrogen (secondary N) is 1. The molecule has 13 heteroatoms. The second kappa shape index (κ2) is 12.0. The molecule has 0 spiro atoms. The van der Waals surface area contributed by atoms with Gasteiger partial charge in [-0.15, -0.1) is 0 Å². The number of hydrogen-bond acceptors (Lipinski definition) is 6. The summed E-state index contributed by atoms with van der Waals surface area (Å²) in [5.41, 5.74) is 0.116. The van der Waals surface area contributed by atoms with Gasteiger partial charge in [0.25, 0.3) is 5.91 Å². The molecular weight excluding hydrogens is 587 g/mol. The Bertz CT molecular complexity index is 1670. The van der Waals surface area contributed by atoms with E-state index >= 15 is 0 Å². The van der Waals surface area contributed by atoms with Crippen molar-refractivity contribution in [3.63, 3.8) is 0 Å². The number of rotatable bonds is 7. The van der Waals surface area contributed by atoms with Gasteiger partial charge in [0.1, 0.15) is 6.10 Å². The van der Waals surface area contributed by atoms with E-state index in [2.05, 4.69) is 15.3 Å². The van der Waals surface area contributed by atoms with Crippen LogP contribution in [0.2, 0.25) is 5.02 Å². The molecule has 0 unspecified atom stereocenters. The molecule has 1 N–H and O–H groups in total. The second-order valence-electron chi connectivity index (χ2n) is 10.9. The number of aromatic nitrogens is 4. The average molecular weight is 616 g/mol. The summed E-state index contributed by atoms with van der Waals surface area (Å²) >= 11 is 5.83. The van der Waals surface area contributed by atoms with Crippen LogP contribution in [-0.2, 0) is 17.5 Å². The molecule has 6 rings (SSSR count). The lowest BCUT2D eigenvalue weighted by Gasteiger charge is -2.29. The van der Waals surface area contributed by atoms with Crippen molar-refractivity contribution in [3.8, 4) is 11.6 Å². The molecule has 4 aromatic rings. The summed E-state index contributed by atoms with van der Waals surface area (Å²) in [6.45, 7) is 1.67. The highest BCUT2D eigenvalue weighted by Crippen LogP contribution is 2.32. The average Bonchev–Trinajstić information content (AvgIpc) is 3.60. The van der Waals surface area contributed by atoms with Crippen LogP contribution < -0.4 is 15.7 Å². The smallest absolute Gasteiger partial charge is 0.434 e. The molecule has 1 saturated carbocycles. The number of fused-ring (bicyclic) bond motifs is 1. The largest absolute Gasteiger partial charge is 0.472 e. The maximum atomic E-state index is 13.7. The minimum Gasteiger partial charge on any atom is -0.472 e. The quantitative estimate of drug-likeness (QED) is 0.298. The normalized spacial score (nSPS) is 20.8. The maximum absolute atomic E-state index is 13.7. The zero-order valence-electron chi connectivity index (χ0n) is 23.0. The van der Waals surface area contributed by atoms with Crippen molar-refractivity contribution in [1.82, 2.24) is 24.4 Å². The minimum atomic E-state index is -4.78. The van der Waals surface area contributed by atoms with Crippen molar-refractivity contribution in [2.45, 2.75) is 57.0 Å². The number of halogens is 4. The topological polar surface area (TPSA) is 100 Å². The predicted molar refractivity (Wildman–Crippen MR) is 153 cm³/mol. The van der Waals surface area contributed by atoms with Gasteiger partial charge < -0.3 is 14.8 Å². The highest BCUT2D eigenvalue weighted by molar-refractivity contribution is 6.30. The molecule has 2 aliphatic rings. The second-order valence-corrected chi connectivity index (χ2v) is 11.4. The molecule has 2 fully saturated rings. The van der Waals surface area contributed by atoms with E-state index in [1.54, 1.807) is 21.4 Å². The first-order valence-electron chi connectivity index (χ1n) is 14.1. The number of carbonyl (C=O) groups excluding carboxylic acids is 1. The van der Waals surface area contributed by atoms with Crippen LogP contribution in [0.4, 0.5) is 13.2 Å². The standard InChI is InChI=1S/C30H29ClF3N5O4/c31-19-13-23(27(36-14-19)30(32,33)34)28(40)37-20-7-5-18(6-8-20)16-38-24-3-1-2-4-25(24)39(29(38)41)21-9-10-26(35-15-21)43-22-11-12-42-17-22/h1-4,9-10,13-15,18,20,22H,5-8,11-12,16-17H2,(H,37,40)/t18?,20?,22-/m0/s1. The Morgan fingerprint density at radius 1 is 1.05 bits per heavy atom. The molecule has 226 valence electrons. The fourth-order valence-corrected chi connectivity index (χ4v) is 5.99. The Labute approximate surface area is 249 Å². The van der Waals surface area contributed by atoms with E-state index in [-0.39, 0.29) is 28.8 Å². The number of amides is 1. The number of imidazole rings is 1. The van der Waals surface area contributed by atoms with Gasteiger partial charge in [0, 0.05) is 31.3 Å². The molecule has 9 nitrogen and oxygen atoms in total. The van der Waals surface area contributed by atoms with Crippen LogP contribution >= 0.6 is 11.6 Å². The third-order valence-corrected chi connectivity index (χ3v) is 8.19. The Balaban J connectivity index is 1.14. The first-order chi connectivity index (χ1) is 20.7. The molecule has 1 saturated heterocycles. The Morgan fingerprint density at radius 2 is 1.81 bits per heavy atom. The van der Waals surface area contributed by atoms with Crippen molar-refractivity contribution in [3.05, 3.63) is 81.6 Å². The molecule has 1 amide bonds. The van der Waals surface area contributed by atoms with Gasteiger partial charge in [-0.1, -0.05) is 23.7 Å². The molecule has 0 bridgehead atoms. The van der Waals surface area contributed by atoms with E-state index in [0.29, 0.717) is 57.0 Å². The summed E-state index contributed by atoms with van der Waals surface area (Å²) in [7, 11) is 0. The first-order valence-corrected chi connectivity index (χ1v) is 14.5. The van der Waals surface area contributed by atoms with Gasteiger partial charge in [0.15, 0.2) is 5.69 Å². The van der Waals surface area contributed by atoms with Crippen LogP contribution in [0.3, 0.4) is 0 Å². The van der Waals surface area contributed by atoms with Crippen molar-refractivity contribution in [1.29, 1.82) is 0 Å². The van der Waals surface area contributed by atoms with Gasteiger partial charge in [0.2, 0.25) is 5.88 Å². The zero-order valence-corrected chi connectivity index (χ0v) is 23.8. The lowest BCUT2D eigenvalue weighted by molar-refractivity contribution is -0.141. The molecule has 1 atom stereocenters. The number of benzene rings is 1. The van der Waals surface area contributed by atoms with Crippen LogP contribution in [0.5, 0.6) is 5.88 Å². The monoisotopic (exact) mass is 615 g/mol. The number of para-hydroxylation sites is 2. The predicted octanol–water partition coefficient (Wildman–Crippen LogP) is 5.41. The molecule has 1 aliphatic heterocycles. The van der Waals surface area contributed by atoms with E-state index < -0.39 is 23.3 Å². The summed E-state index contributed by atoms with van der Waals surface area (Å²) in [6.07, 6.45) is 1.01. The summed E-state index contributed by atoms with van der Waals surface area (Å²) in [5.74, 6) is -0.237. The minimum absolute atomic E-state index is 0.0300. The van der Waals surface area contributed by atoms with Crippen LogP contribution in [-0.4, -0.2) is 50.4 Å². The third-order valence-electron chi connectivity index (χ3n) is 7.98. The van der Waals surface area contributed by atoms with E-state index in [1.807, 2.05) is 30.3 Å². The van der Waals surface area contributed by atoms with Crippen LogP contribution in [0, 0.1) is 5.92 Å². The lowest BCUT2D eigenvalue weighted by Crippen LogP contribution is -2.39. The third kappa shape index (κ3) is 6.25. The van der Waals surface area contributed by atoms with Gasteiger partial charge in [0.05, 0.1) is 46.7 Å². The highest BCUT2D eigenvalue weighted by Gasteiger charge is 2.38.